The number of carboxylic acids is 1. The molecule has 0 aromatic rings. The summed E-state index contributed by atoms with van der Waals surface area (Å²) in [6, 6.07) is -2.69. The van der Waals surface area contributed by atoms with Gasteiger partial charge in [-0.1, -0.05) is 0 Å². The minimum Gasteiger partial charge on any atom is -0.480 e. The van der Waals surface area contributed by atoms with Gasteiger partial charge in [-0.25, -0.2) is 4.79 Å². The first-order valence-electron chi connectivity index (χ1n) is 12.9. The molecule has 0 saturated carbocycles. The van der Waals surface area contributed by atoms with Crippen LogP contribution in [0.1, 0.15) is 33.6 Å². The van der Waals surface area contributed by atoms with Gasteiger partial charge in [0.25, 0.3) is 0 Å². The van der Waals surface area contributed by atoms with E-state index >= 15 is 0 Å². The van der Waals surface area contributed by atoms with Crippen LogP contribution in [0.25, 0.3) is 0 Å². The third-order valence-electron chi connectivity index (χ3n) is 4.68. The molecule has 7 amide bonds. The molecule has 0 aliphatic carbocycles. The van der Waals surface area contributed by atoms with Crippen LogP contribution in [0.15, 0.2) is 0 Å². The maximum absolute atomic E-state index is 12.1. The van der Waals surface area contributed by atoms with Crippen LogP contribution in [0.4, 0.5) is 4.79 Å². The Kier molecular flexibility index (Phi) is 18.2. The van der Waals surface area contributed by atoms with E-state index in [1.165, 1.54) is 0 Å². The van der Waals surface area contributed by atoms with Gasteiger partial charge in [-0.15, -0.1) is 0 Å². The van der Waals surface area contributed by atoms with Gasteiger partial charge in [0.15, 0.2) is 0 Å². The molecule has 0 saturated heterocycles. The highest BCUT2D eigenvalue weighted by Crippen LogP contribution is 2.06. The Hall–Kier alpha value is -4.56. The molecule has 20 heteroatoms. The highest BCUT2D eigenvalue weighted by atomic mass is 16.7. The second-order valence-electron chi connectivity index (χ2n) is 9.64. The SMILES string of the molecule is CC(C)(C)OC(=O)NOCCNC(=O)CNC(=O)CNC(=O)CNC(=O)CNC(=O)C(CO)NC(=O)CCC(N)C(=O)O. The van der Waals surface area contributed by atoms with Crippen LogP contribution >= 0.6 is 0 Å². The number of aliphatic hydroxyl groups is 1. The third kappa shape index (κ3) is 20.9. The zero-order valence-electron chi connectivity index (χ0n) is 24.1. The molecule has 244 valence electrons. The Bertz CT molecular complexity index is 1000. The van der Waals surface area contributed by atoms with Crippen molar-refractivity contribution in [3.8, 4) is 0 Å². The molecule has 0 aromatic heterocycles. The number of hydrogen-bond donors (Lipinski definition) is 10. The summed E-state index contributed by atoms with van der Waals surface area (Å²) >= 11 is 0. The number of nitrogens with two attached hydrogens (primary N) is 1. The molecule has 0 rings (SSSR count). The highest BCUT2D eigenvalue weighted by molar-refractivity contribution is 5.92. The van der Waals surface area contributed by atoms with Gasteiger partial charge >= 0.3 is 12.1 Å². The van der Waals surface area contributed by atoms with Gasteiger partial charge in [-0.3, -0.25) is 38.4 Å². The summed E-state index contributed by atoms with van der Waals surface area (Å²) in [6.45, 7) is 2.08. The van der Waals surface area contributed by atoms with Crippen LogP contribution in [-0.2, 0) is 43.1 Å². The van der Waals surface area contributed by atoms with Crippen molar-refractivity contribution in [1.29, 1.82) is 0 Å². The zero-order chi connectivity index (χ0) is 33.0. The van der Waals surface area contributed by atoms with E-state index in [1.54, 1.807) is 20.8 Å². The summed E-state index contributed by atoms with van der Waals surface area (Å²) < 4.78 is 4.95. The predicted molar refractivity (Wildman–Crippen MR) is 144 cm³/mol. The van der Waals surface area contributed by atoms with Crippen LogP contribution < -0.4 is 43.1 Å². The average Bonchev–Trinajstić information content (AvgIpc) is 2.92. The summed E-state index contributed by atoms with van der Waals surface area (Å²) in [5, 5.41) is 31.4. The topological polar surface area (TPSA) is 306 Å². The standard InChI is InChI=1S/C23H40N8O12/c1-23(2,3)43-22(41)31-42-7-6-25-16(34)8-26-17(35)9-27-18(36)10-28-19(37)11-29-20(38)14(12-32)30-15(33)5-4-13(24)21(39)40/h13-14,32H,4-12,24H2,1-3H3,(H,25,34)(H,26,35)(H,27,36)(H,28,37)(H,29,38)(H,30,33)(H,31,41)(H,39,40). The first kappa shape index (κ1) is 38.4. The molecule has 0 aromatic carbocycles. The number of aliphatic hydroxyl groups excluding tert-OH is 1. The normalized spacial score (nSPS) is 12.0. The van der Waals surface area contributed by atoms with Gasteiger partial charge in [-0.05, 0) is 27.2 Å². The van der Waals surface area contributed by atoms with Crippen molar-refractivity contribution >= 4 is 47.5 Å². The average molecular weight is 621 g/mol. The second-order valence-corrected chi connectivity index (χ2v) is 9.64. The smallest absolute Gasteiger partial charge is 0.431 e. The molecule has 0 aliphatic heterocycles. The van der Waals surface area contributed by atoms with Gasteiger partial charge in [0.05, 0.1) is 39.4 Å². The van der Waals surface area contributed by atoms with Gasteiger partial charge in [0.1, 0.15) is 17.7 Å². The van der Waals surface area contributed by atoms with Crippen LogP contribution in [0.5, 0.6) is 0 Å². The lowest BCUT2D eigenvalue weighted by Gasteiger charge is -2.19. The van der Waals surface area contributed by atoms with Crippen LogP contribution in [0.3, 0.4) is 0 Å². The maximum atomic E-state index is 12.1. The fourth-order valence-electron chi connectivity index (χ4n) is 2.60. The van der Waals surface area contributed by atoms with E-state index in [9.17, 15) is 43.5 Å². The van der Waals surface area contributed by atoms with Crippen molar-refractivity contribution in [1.82, 2.24) is 37.4 Å². The summed E-state index contributed by atoms with van der Waals surface area (Å²) in [5.41, 5.74) is 6.62. The molecule has 0 spiro atoms. The lowest BCUT2D eigenvalue weighted by atomic mass is 10.1. The molecule has 0 heterocycles. The summed E-state index contributed by atoms with van der Waals surface area (Å²) in [6.07, 6.45) is -1.31. The van der Waals surface area contributed by atoms with Crippen molar-refractivity contribution in [3.05, 3.63) is 0 Å². The minimum absolute atomic E-state index is 0.0143. The molecule has 0 bridgehead atoms. The number of rotatable bonds is 19. The first-order valence-corrected chi connectivity index (χ1v) is 12.9. The number of carbonyl (C=O) groups excluding carboxylic acids is 7. The van der Waals surface area contributed by atoms with E-state index < -0.39 is 98.0 Å². The Morgan fingerprint density at radius 3 is 1.72 bits per heavy atom. The van der Waals surface area contributed by atoms with E-state index in [4.69, 9.17) is 20.4 Å². The van der Waals surface area contributed by atoms with Gasteiger partial charge in [-0.2, -0.15) is 5.48 Å². The molecule has 0 aliphatic rings. The number of hydroxylamine groups is 1. The number of aliphatic carboxylic acids is 1. The van der Waals surface area contributed by atoms with E-state index in [-0.39, 0.29) is 26.0 Å². The molecule has 11 N–H and O–H groups in total. The summed E-state index contributed by atoms with van der Waals surface area (Å²) in [7, 11) is 0. The van der Waals surface area contributed by atoms with E-state index in [2.05, 4.69) is 31.9 Å². The molecule has 2 unspecified atom stereocenters. The number of ether oxygens (including phenoxy) is 1. The predicted octanol–water partition coefficient (Wildman–Crippen LogP) is -5.31. The summed E-state index contributed by atoms with van der Waals surface area (Å²) in [5.74, 6) is -5.78. The van der Waals surface area contributed by atoms with Crippen LogP contribution in [0, 0.1) is 0 Å². The quantitative estimate of drug-likeness (QED) is 0.0477. The van der Waals surface area contributed by atoms with E-state index in [0.29, 0.717) is 0 Å². The Balaban J connectivity index is 4.09. The Labute approximate surface area is 246 Å². The highest BCUT2D eigenvalue weighted by Gasteiger charge is 2.22. The zero-order valence-corrected chi connectivity index (χ0v) is 24.1. The lowest BCUT2D eigenvalue weighted by molar-refractivity contribution is -0.139. The molecule has 2 atom stereocenters. The van der Waals surface area contributed by atoms with E-state index in [0.717, 1.165) is 0 Å². The van der Waals surface area contributed by atoms with E-state index in [1.807, 2.05) is 5.48 Å². The number of nitrogens with one attached hydrogen (secondary N) is 7. The number of hydrogen-bond acceptors (Lipinski definition) is 12. The third-order valence-corrected chi connectivity index (χ3v) is 4.68. The first-order chi connectivity index (χ1) is 20.0. The Morgan fingerprint density at radius 1 is 0.767 bits per heavy atom. The van der Waals surface area contributed by atoms with Crippen LogP contribution in [-0.4, -0.2) is 121 Å². The van der Waals surface area contributed by atoms with Crippen LogP contribution in [0.2, 0.25) is 0 Å². The van der Waals surface area contributed by atoms with Crippen molar-refractivity contribution in [2.75, 3.05) is 45.9 Å². The largest absolute Gasteiger partial charge is 0.480 e. The molecule has 0 fully saturated rings. The number of carboxylic acid groups (broad SMARTS) is 1. The summed E-state index contributed by atoms with van der Waals surface area (Å²) in [4.78, 5) is 98.0. The number of carbonyl (C=O) groups is 8. The van der Waals surface area contributed by atoms with Gasteiger partial charge in [0.2, 0.25) is 35.4 Å². The minimum atomic E-state index is -1.42. The molecule has 43 heavy (non-hydrogen) atoms. The molecular weight excluding hydrogens is 580 g/mol. The number of amides is 7. The van der Waals surface area contributed by atoms with Crippen molar-refractivity contribution < 1.29 is 58.1 Å². The molecular formula is C23H40N8O12. The van der Waals surface area contributed by atoms with Gasteiger partial charge in [0, 0.05) is 13.0 Å². The molecule has 20 nitrogen and oxygen atoms in total. The fraction of sp³-hybridized carbons (Fsp3) is 0.652. The monoisotopic (exact) mass is 620 g/mol. The van der Waals surface area contributed by atoms with Crippen molar-refractivity contribution in [2.24, 2.45) is 5.73 Å². The van der Waals surface area contributed by atoms with Crippen molar-refractivity contribution in [3.63, 3.8) is 0 Å². The fourth-order valence-corrected chi connectivity index (χ4v) is 2.60. The lowest BCUT2D eigenvalue weighted by Crippen LogP contribution is -2.51. The Morgan fingerprint density at radius 2 is 1.26 bits per heavy atom. The maximum Gasteiger partial charge on any atom is 0.431 e. The second kappa shape index (κ2) is 20.3. The molecule has 0 radical (unpaired) electrons. The van der Waals surface area contributed by atoms with Gasteiger partial charge < -0.3 is 52.6 Å². The van der Waals surface area contributed by atoms with Crippen molar-refractivity contribution in [2.45, 2.75) is 51.3 Å².